The van der Waals surface area contributed by atoms with Crippen molar-refractivity contribution in [2.75, 3.05) is 18.9 Å². The number of nitrogens with two attached hydrogens (primary N) is 2. The van der Waals surface area contributed by atoms with Gasteiger partial charge in [0.05, 0.1) is 19.5 Å². The number of allylic oxidation sites excluding steroid dienone is 1. The molecule has 11 atom stereocenters. The van der Waals surface area contributed by atoms with Gasteiger partial charge in [-0.1, -0.05) is 6.08 Å². The molecule has 0 bridgehead atoms. The number of hydrogen-bond donors (Lipinski definition) is 10. The minimum absolute atomic E-state index is 0.0517. The van der Waals surface area contributed by atoms with Crippen molar-refractivity contribution < 1.29 is 82.0 Å². The average molecular weight is 756 g/mol. The first kappa shape index (κ1) is 39.3. The number of phosphoric ester groups is 2. The fourth-order valence-corrected chi connectivity index (χ4v) is 6.77. The zero-order chi connectivity index (χ0) is 37.1. The van der Waals surface area contributed by atoms with E-state index in [0.29, 0.717) is 0 Å². The second-order valence-corrected chi connectivity index (χ2v) is 13.9. The summed E-state index contributed by atoms with van der Waals surface area (Å²) in [4.78, 5) is 54.1. The maximum absolute atomic E-state index is 12.4. The zero-order valence-corrected chi connectivity index (χ0v) is 27.5. The monoisotopic (exact) mass is 755 g/mol. The summed E-state index contributed by atoms with van der Waals surface area (Å²) in [5.41, 5.74) is 11.6. The number of carbonyl (C=O) groups excluding carboxylic acids is 1. The molecule has 12 N–H and O–H groups in total. The van der Waals surface area contributed by atoms with Crippen molar-refractivity contribution in [1.82, 2.24) is 24.4 Å². The number of imidazole rings is 1. The van der Waals surface area contributed by atoms with Gasteiger partial charge in [0.1, 0.15) is 54.6 Å². The number of ether oxygens (including phenoxy) is 2. The summed E-state index contributed by atoms with van der Waals surface area (Å²) in [5, 5.41) is 57.4. The van der Waals surface area contributed by atoms with Crippen LogP contribution in [-0.2, 0) is 41.6 Å². The Kier molecular flexibility index (Phi) is 12.5. The van der Waals surface area contributed by atoms with E-state index in [4.69, 9.17) is 40.2 Å². The van der Waals surface area contributed by atoms with Crippen LogP contribution in [0.1, 0.15) is 19.6 Å². The first-order chi connectivity index (χ1) is 23.3. The molecule has 2 saturated heterocycles. The molecule has 3 aliphatic rings. The second-order valence-electron chi connectivity index (χ2n) is 10.9. The van der Waals surface area contributed by atoms with Crippen LogP contribution in [0.4, 0.5) is 5.82 Å². The molecule has 1 amide bonds. The SMILES string of the molecule is CC(O)C(=O)O.NC(=O)C1=CN([C@@H]2O[C@H](COP(=O)(O)OP(=O)(O)OC[C@H]3O[C@@H](n4cnc5c(N)ncnc54)[C@H](O)[C@@H]3O)[C@@H](O)[C@H]2O)C=CC1. The van der Waals surface area contributed by atoms with Gasteiger partial charge >= 0.3 is 21.6 Å². The second kappa shape index (κ2) is 15.8. The Hall–Kier alpha value is -3.45. The molecule has 26 heteroatoms. The van der Waals surface area contributed by atoms with E-state index >= 15 is 0 Å². The fraction of sp³-hybridized carbons (Fsp3) is 0.542. The summed E-state index contributed by atoms with van der Waals surface area (Å²) in [6.07, 6.45) is -6.11. The van der Waals surface area contributed by atoms with Crippen LogP contribution in [0.3, 0.4) is 0 Å². The number of anilines is 1. The summed E-state index contributed by atoms with van der Waals surface area (Å²) < 4.78 is 50.8. The Balaban J connectivity index is 0.000000860. The molecule has 3 unspecified atom stereocenters. The smallest absolute Gasteiger partial charge is 0.479 e. The number of carboxylic acids is 1. The van der Waals surface area contributed by atoms with E-state index in [0.717, 1.165) is 6.33 Å². The molecule has 278 valence electrons. The largest absolute Gasteiger partial charge is 0.481 e. The number of aliphatic carboxylic acids is 1. The zero-order valence-electron chi connectivity index (χ0n) is 25.7. The molecule has 50 heavy (non-hydrogen) atoms. The molecule has 3 aliphatic heterocycles. The number of aromatic nitrogens is 4. The molecular formula is C24H35N7O17P2. The van der Waals surface area contributed by atoms with E-state index in [1.807, 2.05) is 0 Å². The van der Waals surface area contributed by atoms with E-state index < -0.39 is 95.9 Å². The van der Waals surface area contributed by atoms with E-state index in [1.54, 1.807) is 6.08 Å². The minimum atomic E-state index is -5.37. The molecular weight excluding hydrogens is 720 g/mol. The minimum Gasteiger partial charge on any atom is -0.479 e. The predicted octanol–water partition coefficient (Wildman–Crippen LogP) is -3.23. The lowest BCUT2D eigenvalue weighted by Gasteiger charge is -2.28. The molecule has 0 aromatic carbocycles. The van der Waals surface area contributed by atoms with Gasteiger partial charge in [-0.2, -0.15) is 4.31 Å². The number of phosphoric acid groups is 2. The van der Waals surface area contributed by atoms with Crippen LogP contribution in [0.2, 0.25) is 0 Å². The van der Waals surface area contributed by atoms with Crippen LogP contribution < -0.4 is 11.5 Å². The van der Waals surface area contributed by atoms with Crippen molar-refractivity contribution in [2.45, 2.75) is 68.5 Å². The highest BCUT2D eigenvalue weighted by atomic mass is 31.3. The number of nitrogen functional groups attached to an aromatic ring is 1. The lowest BCUT2D eigenvalue weighted by atomic mass is 10.1. The number of fused-ring (bicyclic) bond motifs is 1. The van der Waals surface area contributed by atoms with Crippen molar-refractivity contribution in [3.05, 3.63) is 36.7 Å². The molecule has 0 saturated carbocycles. The number of carbonyl (C=O) groups is 2. The normalized spacial score (nSPS) is 31.0. The van der Waals surface area contributed by atoms with Crippen molar-refractivity contribution in [3.63, 3.8) is 0 Å². The van der Waals surface area contributed by atoms with Crippen molar-refractivity contribution >= 4 is 44.5 Å². The summed E-state index contributed by atoms with van der Waals surface area (Å²) in [7, 11) is -10.7. The standard InChI is InChI=1S/C21H29N7O14P2.C3H6O3/c22-17-12-19(25-7-24-17)28(8-26-12)21-16(32)14(30)11(41-21)6-39-44(36,37)42-43(34,35)38-5-10-13(29)15(31)20(40-10)27-3-1-2-9(4-27)18(23)33;1-2(4)3(5)6/h1,3-4,7-8,10-11,13-16,20-21,29-32H,2,5-6H2,(H2,23,33)(H,34,35)(H,36,37)(H2,22,24,25);2,4H,1H3,(H,5,6)/t10-,11-,13-,14-,15-,16-,20-,21-;/m1./s1. The van der Waals surface area contributed by atoms with Crippen LogP contribution in [0.15, 0.2) is 36.7 Å². The van der Waals surface area contributed by atoms with E-state index in [2.05, 4.69) is 19.3 Å². The molecule has 0 radical (unpaired) electrons. The summed E-state index contributed by atoms with van der Waals surface area (Å²) >= 11 is 0. The third-order valence-electron chi connectivity index (χ3n) is 7.23. The lowest BCUT2D eigenvalue weighted by molar-refractivity contribution is -0.145. The van der Waals surface area contributed by atoms with Gasteiger partial charge in [0, 0.05) is 18.0 Å². The molecule has 24 nitrogen and oxygen atoms in total. The highest BCUT2D eigenvalue weighted by molar-refractivity contribution is 7.61. The van der Waals surface area contributed by atoms with E-state index in [9.17, 15) is 48.9 Å². The van der Waals surface area contributed by atoms with Gasteiger partial charge in [0.25, 0.3) is 0 Å². The highest BCUT2D eigenvalue weighted by Crippen LogP contribution is 2.60. The molecule has 0 aliphatic carbocycles. The van der Waals surface area contributed by atoms with E-state index in [1.165, 1.54) is 35.1 Å². The van der Waals surface area contributed by atoms with Crippen molar-refractivity contribution in [1.29, 1.82) is 0 Å². The first-order valence-electron chi connectivity index (χ1n) is 14.3. The predicted molar refractivity (Wildman–Crippen MR) is 161 cm³/mol. The number of nitrogens with zero attached hydrogens (tertiary/aromatic N) is 5. The maximum atomic E-state index is 12.4. The van der Waals surface area contributed by atoms with Gasteiger partial charge in [-0.3, -0.25) is 18.4 Å². The van der Waals surface area contributed by atoms with E-state index in [-0.39, 0.29) is 29.0 Å². The molecule has 5 rings (SSSR count). The molecule has 0 spiro atoms. The van der Waals surface area contributed by atoms with Crippen LogP contribution in [-0.4, -0.2) is 139 Å². The Labute approximate surface area is 281 Å². The van der Waals surface area contributed by atoms with Gasteiger partial charge in [-0.15, -0.1) is 0 Å². The third kappa shape index (κ3) is 9.25. The lowest BCUT2D eigenvalue weighted by Crippen LogP contribution is -2.40. The van der Waals surface area contributed by atoms with Gasteiger partial charge in [0.2, 0.25) is 5.91 Å². The number of rotatable bonds is 12. The number of amides is 1. The highest BCUT2D eigenvalue weighted by Gasteiger charge is 2.48. The van der Waals surface area contributed by atoms with Crippen LogP contribution >= 0.6 is 15.6 Å². The quantitative estimate of drug-likeness (QED) is 0.0951. The number of carboxylic acid groups (broad SMARTS) is 1. The average Bonchev–Trinajstić information content (AvgIpc) is 3.69. The topological polar surface area (TPSA) is 375 Å². The molecule has 2 fully saturated rings. The van der Waals surface area contributed by atoms with Crippen molar-refractivity contribution in [2.24, 2.45) is 5.73 Å². The van der Waals surface area contributed by atoms with Gasteiger partial charge in [-0.25, -0.2) is 28.9 Å². The fourth-order valence-electron chi connectivity index (χ4n) is 4.68. The molecule has 2 aromatic heterocycles. The Bertz CT molecular complexity index is 1710. The van der Waals surface area contributed by atoms with Crippen LogP contribution in [0.25, 0.3) is 11.2 Å². The maximum Gasteiger partial charge on any atom is 0.481 e. The first-order valence-corrected chi connectivity index (χ1v) is 17.3. The number of primary amides is 1. The molecule has 5 heterocycles. The number of aliphatic hydroxyl groups excluding tert-OH is 5. The number of aliphatic hydroxyl groups is 5. The Morgan fingerprint density at radius 2 is 1.52 bits per heavy atom. The number of hydrogen-bond acceptors (Lipinski definition) is 19. The third-order valence-corrected chi connectivity index (χ3v) is 9.84. The van der Waals surface area contributed by atoms with Crippen LogP contribution in [0, 0.1) is 0 Å². The Morgan fingerprint density at radius 3 is 2.06 bits per heavy atom. The van der Waals surface area contributed by atoms with Gasteiger partial charge in [-0.05, 0) is 13.3 Å². The van der Waals surface area contributed by atoms with Crippen LogP contribution in [0.5, 0.6) is 0 Å². The summed E-state index contributed by atoms with van der Waals surface area (Å²) in [6.45, 7) is -0.589. The summed E-state index contributed by atoms with van der Waals surface area (Å²) in [5.74, 6) is -1.84. The molecule has 2 aromatic rings. The van der Waals surface area contributed by atoms with Gasteiger partial charge in [0.15, 0.2) is 23.9 Å². The van der Waals surface area contributed by atoms with Crippen molar-refractivity contribution in [3.8, 4) is 0 Å². The van der Waals surface area contributed by atoms with Gasteiger partial charge < -0.3 is 66.3 Å². The summed E-state index contributed by atoms with van der Waals surface area (Å²) in [6, 6.07) is 0. The Morgan fingerprint density at radius 1 is 0.980 bits per heavy atom.